The molecule has 0 saturated carbocycles. The SMILES string of the molecule is CC(c1cc(-n2c3ccccc3c3ccc(Oc4cccc(-n5[c-][n+](-c6c(-c7ccccc7)cccc6-c6ccccc6)c6ccccc65)c4)cc32)ncc1-c1ccc(C(C)(C)C)cc1)C(C)(C)C. The normalized spacial score (nSPS) is 12.5. The third kappa shape index (κ3) is 8.08. The van der Waals surface area contributed by atoms with E-state index in [9.17, 15) is 0 Å². The van der Waals surface area contributed by atoms with E-state index in [1.54, 1.807) is 0 Å². The largest absolute Gasteiger partial charge is 0.458 e. The molecule has 11 aromatic rings. The quantitative estimate of drug-likeness (QED) is 0.107. The number of hydrogen-bond donors (Lipinski definition) is 0. The molecule has 0 aliphatic carbocycles. The van der Waals surface area contributed by atoms with Gasteiger partial charge in [0.15, 0.2) is 0 Å². The van der Waals surface area contributed by atoms with Crippen molar-refractivity contribution in [1.29, 1.82) is 0 Å². The van der Waals surface area contributed by atoms with E-state index in [1.165, 1.54) is 27.6 Å². The van der Waals surface area contributed by atoms with Gasteiger partial charge in [0.25, 0.3) is 6.33 Å². The van der Waals surface area contributed by atoms with Crippen LogP contribution in [0.1, 0.15) is 65.5 Å². The van der Waals surface area contributed by atoms with Crippen LogP contribution >= 0.6 is 0 Å². The summed E-state index contributed by atoms with van der Waals surface area (Å²) < 4.78 is 13.5. The molecule has 0 aliphatic heterocycles. The predicted molar refractivity (Wildman–Crippen MR) is 285 cm³/mol. The number of aromatic nitrogens is 4. The molecule has 8 aromatic carbocycles. The number of hydrogen-bond acceptors (Lipinski definition) is 2. The molecule has 3 heterocycles. The lowest BCUT2D eigenvalue weighted by molar-refractivity contribution is -0.571. The fourth-order valence-electron chi connectivity index (χ4n) is 9.78. The van der Waals surface area contributed by atoms with E-state index in [0.29, 0.717) is 0 Å². The van der Waals surface area contributed by atoms with Crippen molar-refractivity contribution in [2.24, 2.45) is 5.41 Å². The van der Waals surface area contributed by atoms with Gasteiger partial charge in [0.05, 0.1) is 33.4 Å². The second-order valence-corrected chi connectivity index (χ2v) is 20.4. The number of fused-ring (bicyclic) bond motifs is 4. The monoisotopic (exact) mass is 896 g/mol. The van der Waals surface area contributed by atoms with Crippen LogP contribution in [0.4, 0.5) is 0 Å². The minimum Gasteiger partial charge on any atom is -0.458 e. The molecule has 0 saturated heterocycles. The van der Waals surface area contributed by atoms with Gasteiger partial charge in [-0.15, -0.1) is 0 Å². The minimum atomic E-state index is 0.0256. The third-order valence-electron chi connectivity index (χ3n) is 13.9. The second kappa shape index (κ2) is 17.2. The van der Waals surface area contributed by atoms with Crippen molar-refractivity contribution in [2.45, 2.75) is 59.8 Å². The van der Waals surface area contributed by atoms with Crippen LogP contribution in [-0.2, 0) is 5.41 Å². The Bertz CT molecular complexity index is 3600. The van der Waals surface area contributed by atoms with Crippen LogP contribution in [0.25, 0.3) is 83.4 Å². The molecule has 69 heavy (non-hydrogen) atoms. The fourth-order valence-corrected chi connectivity index (χ4v) is 9.78. The van der Waals surface area contributed by atoms with Crippen LogP contribution in [0.3, 0.4) is 0 Å². The number of para-hydroxylation sites is 4. The van der Waals surface area contributed by atoms with Crippen LogP contribution < -0.4 is 9.30 Å². The van der Waals surface area contributed by atoms with Crippen LogP contribution in [-0.4, -0.2) is 14.1 Å². The standard InChI is InChI=1S/C64H56N4O/c1-43(63(2,3)4)55-40-61(65-41-56(55)46-32-34-47(35-33-46)64(5,6)7)68-57-29-15-14-26-53(57)54-37-36-50(39-60(54)68)69-49-25-18-24-48(38-49)66-42-67(59-31-17-16-30-58(59)66)62-51(44-20-10-8-11-21-44)27-19-28-52(62)45-22-12-9-13-23-45/h8-41,43H,1-7H3. The number of imidazole rings is 1. The Hall–Kier alpha value is -8.02. The van der Waals surface area contributed by atoms with Gasteiger partial charge in [-0.2, -0.15) is 0 Å². The van der Waals surface area contributed by atoms with Gasteiger partial charge >= 0.3 is 0 Å². The van der Waals surface area contributed by atoms with Crippen molar-refractivity contribution in [3.63, 3.8) is 0 Å². The van der Waals surface area contributed by atoms with Crippen molar-refractivity contribution >= 4 is 32.8 Å². The van der Waals surface area contributed by atoms with Gasteiger partial charge in [-0.05, 0) is 98.2 Å². The lowest BCUT2D eigenvalue weighted by Gasteiger charge is -2.30. The summed E-state index contributed by atoms with van der Waals surface area (Å²) in [4.78, 5) is 5.26. The average molecular weight is 897 g/mol. The molecule has 1 unspecified atom stereocenters. The van der Waals surface area contributed by atoms with E-state index < -0.39 is 0 Å². The highest BCUT2D eigenvalue weighted by molar-refractivity contribution is 6.09. The van der Waals surface area contributed by atoms with Crippen LogP contribution in [0.5, 0.6) is 11.5 Å². The lowest BCUT2D eigenvalue weighted by atomic mass is 9.75. The third-order valence-corrected chi connectivity index (χ3v) is 13.9. The van der Waals surface area contributed by atoms with Crippen molar-refractivity contribution in [1.82, 2.24) is 14.1 Å². The Balaban J connectivity index is 1.00. The van der Waals surface area contributed by atoms with Crippen molar-refractivity contribution in [3.05, 3.63) is 224 Å². The van der Waals surface area contributed by atoms with E-state index in [1.807, 2.05) is 6.07 Å². The summed E-state index contributed by atoms with van der Waals surface area (Å²) in [7, 11) is 0. The molecule has 0 fully saturated rings. The maximum absolute atomic E-state index is 6.84. The maximum Gasteiger partial charge on any atom is 0.269 e. The summed E-state index contributed by atoms with van der Waals surface area (Å²) in [5, 5.41) is 2.31. The molecule has 5 nitrogen and oxygen atoms in total. The molecule has 11 rings (SSSR count). The zero-order valence-corrected chi connectivity index (χ0v) is 40.4. The van der Waals surface area contributed by atoms with E-state index in [4.69, 9.17) is 9.72 Å². The van der Waals surface area contributed by atoms with Crippen molar-refractivity contribution in [3.8, 4) is 62.1 Å². The van der Waals surface area contributed by atoms with Gasteiger partial charge in [-0.25, -0.2) is 4.98 Å². The molecule has 0 radical (unpaired) electrons. The summed E-state index contributed by atoms with van der Waals surface area (Å²) in [6, 6.07) is 71.0. The van der Waals surface area contributed by atoms with E-state index in [2.05, 4.69) is 269 Å². The van der Waals surface area contributed by atoms with Gasteiger partial charge in [0.2, 0.25) is 0 Å². The van der Waals surface area contributed by atoms with Crippen molar-refractivity contribution < 1.29 is 9.30 Å². The molecule has 0 bridgehead atoms. The summed E-state index contributed by atoms with van der Waals surface area (Å²) in [5.74, 6) is 2.60. The number of rotatable bonds is 9. The Labute approximate surface area is 405 Å². The Morgan fingerprint density at radius 3 is 1.80 bits per heavy atom. The van der Waals surface area contributed by atoms with Gasteiger partial charge < -0.3 is 4.74 Å². The van der Waals surface area contributed by atoms with E-state index in [0.717, 1.165) is 78.4 Å². The topological polar surface area (TPSA) is 35.9 Å². The molecular weight excluding hydrogens is 841 g/mol. The maximum atomic E-state index is 6.84. The number of benzene rings is 8. The number of nitrogens with zero attached hydrogens (tertiary/aromatic N) is 4. The molecule has 5 heteroatoms. The van der Waals surface area contributed by atoms with Crippen LogP contribution in [0, 0.1) is 11.7 Å². The molecule has 0 N–H and O–H groups in total. The molecule has 338 valence electrons. The molecule has 0 spiro atoms. The first kappa shape index (κ1) is 43.5. The van der Waals surface area contributed by atoms with Gasteiger partial charge in [0.1, 0.15) is 17.3 Å². The predicted octanol–water partition coefficient (Wildman–Crippen LogP) is 16.4. The molecule has 0 aliphatic rings. The Kier molecular flexibility index (Phi) is 10.9. The zero-order valence-electron chi connectivity index (χ0n) is 40.4. The smallest absolute Gasteiger partial charge is 0.269 e. The van der Waals surface area contributed by atoms with E-state index >= 15 is 0 Å². The highest BCUT2D eigenvalue weighted by Crippen LogP contribution is 2.43. The first-order chi connectivity index (χ1) is 33.4. The molecule has 1 atom stereocenters. The summed E-state index contributed by atoms with van der Waals surface area (Å²) >= 11 is 0. The zero-order chi connectivity index (χ0) is 47.4. The average Bonchev–Trinajstić information content (AvgIpc) is 3.92. The van der Waals surface area contributed by atoms with Crippen LogP contribution in [0.15, 0.2) is 206 Å². The molecule has 3 aromatic heterocycles. The van der Waals surface area contributed by atoms with Crippen LogP contribution in [0.2, 0.25) is 0 Å². The summed E-state index contributed by atoms with van der Waals surface area (Å²) in [6.07, 6.45) is 5.89. The first-order valence-corrected chi connectivity index (χ1v) is 24.0. The highest BCUT2D eigenvalue weighted by Gasteiger charge is 2.27. The summed E-state index contributed by atoms with van der Waals surface area (Å²) in [6.45, 7) is 16.1. The molecule has 0 amide bonds. The van der Waals surface area contributed by atoms with Crippen molar-refractivity contribution in [2.75, 3.05) is 0 Å². The van der Waals surface area contributed by atoms with Gasteiger partial charge in [-0.3, -0.25) is 13.7 Å². The van der Waals surface area contributed by atoms with E-state index in [-0.39, 0.29) is 16.7 Å². The minimum absolute atomic E-state index is 0.0256. The highest BCUT2D eigenvalue weighted by atomic mass is 16.5. The summed E-state index contributed by atoms with van der Waals surface area (Å²) in [5.41, 5.74) is 15.8. The Morgan fingerprint density at radius 2 is 1.12 bits per heavy atom. The number of ether oxygens (including phenoxy) is 1. The first-order valence-electron chi connectivity index (χ1n) is 24.0. The Morgan fingerprint density at radius 1 is 0.522 bits per heavy atom. The fraction of sp³-hybridized carbons (Fsp3) is 0.156. The lowest BCUT2D eigenvalue weighted by Crippen LogP contribution is -2.31. The number of pyridine rings is 1. The molecular formula is C64H56N4O. The second-order valence-electron chi connectivity index (χ2n) is 20.4. The van der Waals surface area contributed by atoms with Gasteiger partial charge in [-0.1, -0.05) is 200 Å². The van der Waals surface area contributed by atoms with Gasteiger partial charge in [0, 0.05) is 28.6 Å².